The molecule has 3 aromatic rings. The highest BCUT2D eigenvalue weighted by atomic mass is 32.1. The summed E-state index contributed by atoms with van der Waals surface area (Å²) in [5, 5.41) is 9.56. The van der Waals surface area contributed by atoms with E-state index in [9.17, 15) is 14.4 Å². The Balaban J connectivity index is 1.61. The van der Waals surface area contributed by atoms with Gasteiger partial charge in [0.05, 0.1) is 11.4 Å². The van der Waals surface area contributed by atoms with Crippen LogP contribution in [-0.2, 0) is 9.59 Å². The van der Waals surface area contributed by atoms with Crippen LogP contribution in [0.5, 0.6) is 0 Å². The highest BCUT2D eigenvalue weighted by molar-refractivity contribution is 7.12. The average Bonchev–Trinajstić information content (AvgIpc) is 3.59. The van der Waals surface area contributed by atoms with Gasteiger partial charge < -0.3 is 10.6 Å². The summed E-state index contributed by atoms with van der Waals surface area (Å²) >= 11 is 2.75. The molecule has 0 bridgehead atoms. The van der Waals surface area contributed by atoms with Gasteiger partial charge in [0, 0.05) is 16.6 Å². The molecule has 0 radical (unpaired) electrons. The Morgan fingerprint density at radius 3 is 2.31 bits per heavy atom. The van der Waals surface area contributed by atoms with Crippen LogP contribution < -0.4 is 15.5 Å². The Hall–Kier alpha value is -2.97. The summed E-state index contributed by atoms with van der Waals surface area (Å²) in [7, 11) is 0. The Morgan fingerprint density at radius 1 is 0.938 bits per heavy atom. The molecule has 1 aromatic carbocycles. The highest BCUT2D eigenvalue weighted by Crippen LogP contribution is 2.31. The van der Waals surface area contributed by atoms with Crippen molar-refractivity contribution in [1.82, 2.24) is 10.6 Å². The van der Waals surface area contributed by atoms with Crippen molar-refractivity contribution in [3.63, 3.8) is 0 Å². The summed E-state index contributed by atoms with van der Waals surface area (Å²) in [6.45, 7) is -0.204. The lowest BCUT2D eigenvalue weighted by Gasteiger charge is -2.31. The van der Waals surface area contributed by atoms with E-state index in [2.05, 4.69) is 10.6 Å². The molecule has 1 atom stereocenters. The minimum absolute atomic E-state index is 0.135. The first-order valence-corrected chi connectivity index (χ1v) is 12.4. The summed E-state index contributed by atoms with van der Waals surface area (Å²) in [5.74, 6) is -0.841. The summed E-state index contributed by atoms with van der Waals surface area (Å²) in [6.07, 6.45) is 4.12. The smallest absolute Gasteiger partial charge is 0.261 e. The van der Waals surface area contributed by atoms with Crippen LogP contribution in [0.25, 0.3) is 0 Å². The van der Waals surface area contributed by atoms with Gasteiger partial charge in [-0.15, -0.1) is 22.7 Å². The van der Waals surface area contributed by atoms with Crippen LogP contribution in [0.15, 0.2) is 65.4 Å². The highest BCUT2D eigenvalue weighted by Gasteiger charge is 2.35. The van der Waals surface area contributed by atoms with Crippen molar-refractivity contribution in [2.45, 2.75) is 37.8 Å². The number of amides is 3. The lowest BCUT2D eigenvalue weighted by Crippen LogP contribution is -2.48. The molecule has 1 saturated carbocycles. The summed E-state index contributed by atoms with van der Waals surface area (Å²) < 4.78 is 0. The Morgan fingerprint density at radius 2 is 1.66 bits per heavy atom. The molecule has 0 spiro atoms. The maximum Gasteiger partial charge on any atom is 0.261 e. The van der Waals surface area contributed by atoms with E-state index < -0.39 is 6.04 Å². The van der Waals surface area contributed by atoms with Crippen LogP contribution in [0.3, 0.4) is 0 Å². The molecule has 166 valence electrons. The first-order chi connectivity index (χ1) is 15.6. The van der Waals surface area contributed by atoms with Crippen molar-refractivity contribution in [3.05, 3.63) is 75.1 Å². The van der Waals surface area contributed by atoms with Gasteiger partial charge in [-0.1, -0.05) is 43.2 Å². The van der Waals surface area contributed by atoms with Gasteiger partial charge >= 0.3 is 0 Å². The Bertz CT molecular complexity index is 1030. The zero-order valence-electron chi connectivity index (χ0n) is 17.5. The molecular weight excluding hydrogens is 442 g/mol. The van der Waals surface area contributed by atoms with E-state index in [4.69, 9.17) is 0 Å². The molecule has 32 heavy (non-hydrogen) atoms. The maximum absolute atomic E-state index is 13.5. The number of nitrogens with zero attached hydrogens (tertiary/aromatic N) is 1. The second kappa shape index (κ2) is 10.6. The number of anilines is 1. The average molecular weight is 468 g/mol. The number of benzene rings is 1. The quantitative estimate of drug-likeness (QED) is 0.516. The molecule has 0 saturated heterocycles. The molecule has 6 nitrogen and oxygen atoms in total. The van der Waals surface area contributed by atoms with Crippen molar-refractivity contribution < 1.29 is 14.4 Å². The van der Waals surface area contributed by atoms with E-state index in [1.165, 1.54) is 27.6 Å². The fourth-order valence-electron chi connectivity index (χ4n) is 3.93. The normalized spacial score (nSPS) is 14.6. The van der Waals surface area contributed by atoms with Crippen LogP contribution in [0.2, 0.25) is 0 Å². The SMILES string of the molecule is O=C(NCC(=O)N(c1ccccc1)[C@H](C(=O)NC1CCCC1)c1cccs1)c1cccs1. The van der Waals surface area contributed by atoms with Crippen LogP contribution in [0, 0.1) is 0 Å². The van der Waals surface area contributed by atoms with Gasteiger partial charge in [0.1, 0.15) is 6.04 Å². The standard InChI is InChI=1S/C24H25N3O3S2/c28-21(16-25-23(29)20-13-7-15-32-20)27(18-10-2-1-3-11-18)22(19-12-6-14-31-19)24(30)26-17-8-4-5-9-17/h1-3,6-7,10-15,17,22H,4-5,8-9,16H2,(H,25,29)(H,26,30)/t22-/m0/s1. The number of carbonyl (C=O) groups excluding carboxylic acids is 3. The van der Waals surface area contributed by atoms with Crippen LogP contribution >= 0.6 is 22.7 Å². The molecule has 3 amide bonds. The first-order valence-electron chi connectivity index (χ1n) is 10.7. The third-order valence-corrected chi connectivity index (χ3v) is 7.26. The van der Waals surface area contributed by atoms with E-state index in [-0.39, 0.29) is 30.3 Å². The van der Waals surface area contributed by atoms with E-state index >= 15 is 0 Å². The monoisotopic (exact) mass is 467 g/mol. The lowest BCUT2D eigenvalue weighted by molar-refractivity contribution is -0.126. The Labute approximate surface area is 195 Å². The second-order valence-corrected chi connectivity index (χ2v) is 9.59. The number of carbonyl (C=O) groups is 3. The van der Waals surface area contributed by atoms with Crippen molar-refractivity contribution in [2.75, 3.05) is 11.4 Å². The molecule has 1 fully saturated rings. The summed E-state index contributed by atoms with van der Waals surface area (Å²) in [5.41, 5.74) is 0.614. The van der Waals surface area contributed by atoms with Gasteiger partial charge in [0.15, 0.2) is 0 Å². The molecule has 8 heteroatoms. The molecule has 1 aliphatic carbocycles. The second-order valence-electron chi connectivity index (χ2n) is 7.67. The minimum atomic E-state index is -0.802. The molecule has 0 unspecified atom stereocenters. The van der Waals surface area contributed by atoms with E-state index in [1.807, 2.05) is 53.2 Å². The van der Waals surface area contributed by atoms with E-state index in [0.717, 1.165) is 30.6 Å². The number of thiophene rings is 2. The molecular formula is C24H25N3O3S2. The molecule has 4 rings (SSSR count). The predicted molar refractivity (Wildman–Crippen MR) is 128 cm³/mol. The number of para-hydroxylation sites is 1. The molecule has 0 aliphatic heterocycles. The third-order valence-electron chi connectivity index (χ3n) is 5.47. The maximum atomic E-state index is 13.5. The van der Waals surface area contributed by atoms with Gasteiger partial charge in [0.2, 0.25) is 11.8 Å². The van der Waals surface area contributed by atoms with E-state index in [1.54, 1.807) is 12.1 Å². The molecule has 2 aromatic heterocycles. The Kier molecular flexibility index (Phi) is 7.34. The largest absolute Gasteiger partial charge is 0.351 e. The van der Waals surface area contributed by atoms with Crippen LogP contribution in [-0.4, -0.2) is 30.3 Å². The zero-order valence-corrected chi connectivity index (χ0v) is 19.2. The topological polar surface area (TPSA) is 78.5 Å². The van der Waals surface area contributed by atoms with Gasteiger partial charge in [-0.25, -0.2) is 0 Å². The number of rotatable bonds is 8. The predicted octanol–water partition coefficient (Wildman–Crippen LogP) is 4.37. The number of hydrogen-bond donors (Lipinski definition) is 2. The minimum Gasteiger partial charge on any atom is -0.351 e. The van der Waals surface area contributed by atoms with Crippen molar-refractivity contribution in [3.8, 4) is 0 Å². The first kappa shape index (κ1) is 22.2. The van der Waals surface area contributed by atoms with E-state index in [0.29, 0.717) is 10.6 Å². The van der Waals surface area contributed by atoms with Crippen molar-refractivity contribution in [1.29, 1.82) is 0 Å². The van der Waals surface area contributed by atoms with Gasteiger partial charge in [-0.2, -0.15) is 0 Å². The third kappa shape index (κ3) is 5.26. The zero-order chi connectivity index (χ0) is 22.3. The number of hydrogen-bond acceptors (Lipinski definition) is 5. The number of nitrogens with one attached hydrogen (secondary N) is 2. The fraction of sp³-hybridized carbons (Fsp3) is 0.292. The molecule has 2 N–H and O–H groups in total. The fourth-order valence-corrected chi connectivity index (χ4v) is 5.39. The van der Waals surface area contributed by atoms with Gasteiger partial charge in [0.25, 0.3) is 5.91 Å². The van der Waals surface area contributed by atoms with Crippen molar-refractivity contribution >= 4 is 46.1 Å². The summed E-state index contributed by atoms with van der Waals surface area (Å²) in [4.78, 5) is 42.1. The van der Waals surface area contributed by atoms with Crippen LogP contribution in [0.4, 0.5) is 5.69 Å². The van der Waals surface area contributed by atoms with Crippen molar-refractivity contribution in [2.24, 2.45) is 0 Å². The van der Waals surface area contributed by atoms with Gasteiger partial charge in [-0.05, 0) is 47.9 Å². The summed E-state index contributed by atoms with van der Waals surface area (Å²) in [6, 6.07) is 15.7. The lowest BCUT2D eigenvalue weighted by atomic mass is 10.1. The van der Waals surface area contributed by atoms with Gasteiger partial charge in [-0.3, -0.25) is 19.3 Å². The molecule has 2 heterocycles. The van der Waals surface area contributed by atoms with Crippen LogP contribution in [0.1, 0.15) is 46.3 Å². The molecule has 1 aliphatic rings.